The van der Waals surface area contributed by atoms with Gasteiger partial charge in [-0.15, -0.1) is 0 Å². The van der Waals surface area contributed by atoms with Gasteiger partial charge in [0.1, 0.15) is 19.2 Å². The number of rotatable bonds is 9. The van der Waals surface area contributed by atoms with Crippen LogP contribution in [-0.4, -0.2) is 51.5 Å². The fourth-order valence-corrected chi connectivity index (χ4v) is 4.40. The number of anilines is 1. The molecule has 1 atom stereocenters. The maximum atomic E-state index is 13.3. The van der Waals surface area contributed by atoms with Crippen molar-refractivity contribution in [2.45, 2.75) is 38.6 Å². The first kappa shape index (κ1) is 25.9. The second-order valence-corrected chi connectivity index (χ2v) is 9.03. The number of amides is 3. The normalized spacial score (nSPS) is 14.6. The summed E-state index contributed by atoms with van der Waals surface area (Å²) in [5.74, 6) is -0.514. The van der Waals surface area contributed by atoms with Crippen LogP contribution in [0.1, 0.15) is 24.0 Å². The maximum absolute atomic E-state index is 13.3. The van der Waals surface area contributed by atoms with E-state index in [1.165, 1.54) is 0 Å². The number of ether oxygens (including phenoxy) is 1. The molecule has 0 radical (unpaired) electrons. The van der Waals surface area contributed by atoms with Crippen LogP contribution in [0.25, 0.3) is 0 Å². The molecular formula is C27H32N6O4. The van der Waals surface area contributed by atoms with E-state index in [-0.39, 0.29) is 30.9 Å². The van der Waals surface area contributed by atoms with Crippen LogP contribution in [0, 0.1) is 5.92 Å². The molecule has 0 aliphatic carbocycles. The Morgan fingerprint density at radius 2 is 1.81 bits per heavy atom. The van der Waals surface area contributed by atoms with Gasteiger partial charge >= 0.3 is 6.09 Å². The Balaban J connectivity index is 1.40. The van der Waals surface area contributed by atoms with Gasteiger partial charge in [0.05, 0.1) is 6.33 Å². The van der Waals surface area contributed by atoms with E-state index < -0.39 is 12.1 Å². The lowest BCUT2D eigenvalue weighted by Crippen LogP contribution is -2.52. The molecule has 0 saturated carbocycles. The summed E-state index contributed by atoms with van der Waals surface area (Å²) < 4.78 is 7.11. The molecule has 37 heavy (non-hydrogen) atoms. The first-order valence-electron chi connectivity index (χ1n) is 12.3. The lowest BCUT2D eigenvalue weighted by Gasteiger charge is -2.35. The third-order valence-corrected chi connectivity index (χ3v) is 6.44. The average Bonchev–Trinajstić information content (AvgIpc) is 3.44. The zero-order chi connectivity index (χ0) is 26.0. The van der Waals surface area contributed by atoms with E-state index in [4.69, 9.17) is 10.5 Å². The Labute approximate surface area is 215 Å². The van der Waals surface area contributed by atoms with Crippen LogP contribution in [0.4, 0.5) is 10.5 Å². The van der Waals surface area contributed by atoms with Crippen molar-refractivity contribution in [3.63, 3.8) is 0 Å². The molecule has 3 amide bonds. The van der Waals surface area contributed by atoms with Crippen LogP contribution < -0.4 is 16.4 Å². The fourth-order valence-electron chi connectivity index (χ4n) is 4.40. The highest BCUT2D eigenvalue weighted by atomic mass is 16.5. The molecule has 4 N–H and O–H groups in total. The number of piperidine rings is 1. The van der Waals surface area contributed by atoms with Crippen LogP contribution in [0.15, 0.2) is 73.3 Å². The summed E-state index contributed by atoms with van der Waals surface area (Å²) in [6.07, 6.45) is 5.45. The maximum Gasteiger partial charge on any atom is 0.408 e. The molecule has 1 aliphatic rings. The molecule has 4 rings (SSSR count). The van der Waals surface area contributed by atoms with Gasteiger partial charge in [0.2, 0.25) is 11.8 Å². The zero-order valence-corrected chi connectivity index (χ0v) is 20.6. The van der Waals surface area contributed by atoms with E-state index in [0.717, 1.165) is 11.1 Å². The molecule has 194 valence electrons. The van der Waals surface area contributed by atoms with Crippen LogP contribution in [0.3, 0.4) is 0 Å². The number of aromatic nitrogens is 2. The highest BCUT2D eigenvalue weighted by molar-refractivity contribution is 5.96. The third-order valence-electron chi connectivity index (χ3n) is 6.44. The third kappa shape index (κ3) is 7.40. The van der Waals surface area contributed by atoms with Crippen molar-refractivity contribution in [2.24, 2.45) is 11.7 Å². The molecule has 10 heteroatoms. The number of benzene rings is 2. The molecule has 1 aliphatic heterocycles. The molecule has 0 spiro atoms. The van der Waals surface area contributed by atoms with Crippen LogP contribution in [0.2, 0.25) is 0 Å². The minimum absolute atomic E-state index is 0.00807. The molecule has 2 heterocycles. The van der Waals surface area contributed by atoms with Gasteiger partial charge in [-0.2, -0.15) is 0 Å². The number of nitrogens with zero attached hydrogens (tertiary/aromatic N) is 3. The summed E-state index contributed by atoms with van der Waals surface area (Å²) in [5, 5.41) is 5.67. The first-order chi connectivity index (χ1) is 18.0. The predicted molar refractivity (Wildman–Crippen MR) is 138 cm³/mol. The minimum atomic E-state index is -0.823. The van der Waals surface area contributed by atoms with E-state index in [0.29, 0.717) is 38.2 Å². The number of imidazole rings is 1. The Bertz CT molecular complexity index is 1180. The Kier molecular flexibility index (Phi) is 8.88. The summed E-state index contributed by atoms with van der Waals surface area (Å²) in [6, 6.07) is 15.8. The number of hydrogen-bond donors (Lipinski definition) is 3. The van der Waals surface area contributed by atoms with Gasteiger partial charge in [0, 0.05) is 37.7 Å². The van der Waals surface area contributed by atoms with Crippen LogP contribution in [0.5, 0.6) is 0 Å². The van der Waals surface area contributed by atoms with E-state index >= 15 is 0 Å². The van der Waals surface area contributed by atoms with E-state index in [2.05, 4.69) is 15.6 Å². The van der Waals surface area contributed by atoms with E-state index in [9.17, 15) is 14.4 Å². The lowest BCUT2D eigenvalue weighted by atomic mass is 9.88. The topological polar surface area (TPSA) is 132 Å². The van der Waals surface area contributed by atoms with E-state index in [1.807, 2.05) is 42.5 Å². The summed E-state index contributed by atoms with van der Waals surface area (Å²) in [5.41, 5.74) is 8.06. The molecule has 2 aromatic carbocycles. The smallest absolute Gasteiger partial charge is 0.408 e. The molecule has 0 unspecified atom stereocenters. The number of likely N-dealkylation sites (tertiary alicyclic amines) is 1. The van der Waals surface area contributed by atoms with Crippen molar-refractivity contribution in [1.82, 2.24) is 19.8 Å². The fraction of sp³-hybridized carbons (Fsp3) is 0.333. The lowest BCUT2D eigenvalue weighted by molar-refractivity contribution is -0.133. The average molecular weight is 505 g/mol. The SMILES string of the molecule is NCc1cccc(NC(=O)[C@H](NC(=O)OCc2ccccc2)C2CCN(C(=O)Cn3ccnc3)CC2)c1. The molecular weight excluding hydrogens is 472 g/mol. The number of hydrogen-bond acceptors (Lipinski definition) is 6. The van der Waals surface area contributed by atoms with Crippen LogP contribution in [-0.2, 0) is 34.0 Å². The largest absolute Gasteiger partial charge is 0.445 e. The second kappa shape index (κ2) is 12.7. The molecule has 10 nitrogen and oxygen atoms in total. The van der Waals surface area contributed by atoms with Crippen molar-refractivity contribution in [2.75, 3.05) is 18.4 Å². The number of nitrogens with one attached hydrogen (secondary N) is 2. The van der Waals surface area contributed by atoms with Crippen molar-refractivity contribution in [1.29, 1.82) is 0 Å². The molecule has 1 fully saturated rings. The minimum Gasteiger partial charge on any atom is -0.445 e. The summed E-state index contributed by atoms with van der Waals surface area (Å²) in [4.78, 5) is 44.4. The van der Waals surface area contributed by atoms with Crippen molar-refractivity contribution >= 4 is 23.6 Å². The second-order valence-electron chi connectivity index (χ2n) is 9.03. The van der Waals surface area contributed by atoms with Crippen molar-refractivity contribution in [3.05, 3.63) is 84.4 Å². The summed E-state index contributed by atoms with van der Waals surface area (Å²) in [6.45, 7) is 1.65. The molecule has 1 saturated heterocycles. The van der Waals surface area contributed by atoms with Gasteiger partial charge < -0.3 is 30.6 Å². The monoisotopic (exact) mass is 504 g/mol. The molecule has 1 aromatic heterocycles. The van der Waals surface area contributed by atoms with Gasteiger partial charge in [-0.05, 0) is 42.0 Å². The van der Waals surface area contributed by atoms with Gasteiger partial charge in [-0.3, -0.25) is 9.59 Å². The zero-order valence-electron chi connectivity index (χ0n) is 20.6. The summed E-state index contributed by atoms with van der Waals surface area (Å²) >= 11 is 0. The number of carbonyl (C=O) groups is 3. The van der Waals surface area contributed by atoms with Gasteiger partial charge in [-0.1, -0.05) is 42.5 Å². The predicted octanol–water partition coefficient (Wildman–Crippen LogP) is 2.51. The Morgan fingerprint density at radius 3 is 2.51 bits per heavy atom. The van der Waals surface area contributed by atoms with Crippen LogP contribution >= 0.6 is 0 Å². The quantitative estimate of drug-likeness (QED) is 0.410. The van der Waals surface area contributed by atoms with E-state index in [1.54, 1.807) is 40.3 Å². The van der Waals surface area contributed by atoms with Crippen molar-refractivity contribution in [3.8, 4) is 0 Å². The van der Waals surface area contributed by atoms with Crippen molar-refractivity contribution < 1.29 is 19.1 Å². The molecule has 3 aromatic rings. The first-order valence-corrected chi connectivity index (χ1v) is 12.3. The highest BCUT2D eigenvalue weighted by Crippen LogP contribution is 2.23. The van der Waals surface area contributed by atoms with Gasteiger partial charge in [0.15, 0.2) is 0 Å². The summed E-state index contributed by atoms with van der Waals surface area (Å²) in [7, 11) is 0. The Morgan fingerprint density at radius 1 is 1.05 bits per heavy atom. The number of nitrogens with two attached hydrogens (primary N) is 1. The Hall–Kier alpha value is -4.18. The van der Waals surface area contributed by atoms with Gasteiger partial charge in [0.25, 0.3) is 0 Å². The van der Waals surface area contributed by atoms with Gasteiger partial charge in [-0.25, -0.2) is 9.78 Å². The molecule has 0 bridgehead atoms. The number of alkyl carbamates (subject to hydrolysis) is 1. The standard InChI is InChI=1S/C27H32N6O4/c28-16-21-7-4-8-23(15-21)30-26(35)25(31-27(36)37-18-20-5-2-1-3-6-20)22-9-12-33(13-10-22)24(34)17-32-14-11-29-19-32/h1-8,11,14-15,19,22,25H,9-10,12-13,16-18,28H2,(H,30,35)(H,31,36)/t25-/m1/s1. The number of carbonyl (C=O) groups excluding carboxylic acids is 3. The highest BCUT2D eigenvalue weighted by Gasteiger charge is 2.34.